The molecule has 58 valence electrons. The van der Waals surface area contributed by atoms with Gasteiger partial charge in [0.2, 0.25) is 10.3 Å². The maximum atomic E-state index is 10.2. The van der Waals surface area contributed by atoms with Gasteiger partial charge in [0.15, 0.2) is 0 Å². The molecule has 0 amide bonds. The summed E-state index contributed by atoms with van der Waals surface area (Å²) in [5.74, 6) is -2.04. The summed E-state index contributed by atoms with van der Waals surface area (Å²) >= 11 is 0. The van der Waals surface area contributed by atoms with Crippen LogP contribution in [0.5, 0.6) is 0 Å². The summed E-state index contributed by atoms with van der Waals surface area (Å²) in [6.45, 7) is 2.61. The van der Waals surface area contributed by atoms with Crippen LogP contribution in [0.25, 0.3) is 0 Å². The van der Waals surface area contributed by atoms with E-state index < -0.39 is 22.2 Å². The van der Waals surface area contributed by atoms with Crippen LogP contribution in [0.4, 0.5) is 0 Å². The van der Waals surface area contributed by atoms with Crippen LogP contribution < -0.4 is 0 Å². The van der Waals surface area contributed by atoms with Crippen LogP contribution in [-0.2, 0) is 15.1 Å². The van der Waals surface area contributed by atoms with Crippen LogP contribution in [-0.4, -0.2) is 24.4 Å². The van der Waals surface area contributed by atoms with E-state index in [9.17, 15) is 13.2 Å². The number of carbonyl (C=O) groups is 1. The zero-order valence-corrected chi connectivity index (χ0v) is 6.47. The number of rotatable bonds is 2. The topological polar surface area (TPSA) is 71.4 Å². The highest BCUT2D eigenvalue weighted by molar-refractivity contribution is 7.73. The molecule has 0 spiro atoms. The molecule has 0 radical (unpaired) electrons. The van der Waals surface area contributed by atoms with Crippen molar-refractivity contribution < 1.29 is 18.3 Å². The van der Waals surface area contributed by atoms with Gasteiger partial charge in [-0.2, -0.15) is 8.42 Å². The van der Waals surface area contributed by atoms with Crippen LogP contribution in [0.1, 0.15) is 13.8 Å². The van der Waals surface area contributed by atoms with Gasteiger partial charge < -0.3 is 5.11 Å². The van der Waals surface area contributed by atoms with Crippen LogP contribution in [0.2, 0.25) is 0 Å². The quantitative estimate of drug-likeness (QED) is 0.572. The smallest absolute Gasteiger partial charge is 0.311 e. The SMILES string of the molecule is CC(C(C)C(=O)O)=S(=O)=O. The van der Waals surface area contributed by atoms with E-state index in [1.807, 2.05) is 0 Å². The van der Waals surface area contributed by atoms with Crippen molar-refractivity contribution in [1.29, 1.82) is 0 Å². The standard InChI is InChI=1S/C5H8O4S/c1-3(5(6)7)4(2)10(8)9/h3H,1-2H3,(H,6,7). The molecule has 0 aromatic rings. The molecule has 0 bridgehead atoms. The predicted molar refractivity (Wildman–Crippen MR) is 36.4 cm³/mol. The summed E-state index contributed by atoms with van der Waals surface area (Å²) in [4.78, 5) is 10.1. The molecule has 0 aromatic carbocycles. The predicted octanol–water partition coefficient (Wildman–Crippen LogP) is -0.221. The largest absolute Gasteiger partial charge is 0.481 e. The van der Waals surface area contributed by atoms with Gasteiger partial charge >= 0.3 is 5.97 Å². The summed E-state index contributed by atoms with van der Waals surface area (Å²) in [6, 6.07) is 0. The second-order valence-corrected chi connectivity index (χ2v) is 3.02. The van der Waals surface area contributed by atoms with E-state index in [2.05, 4.69) is 0 Å². The van der Waals surface area contributed by atoms with Gasteiger partial charge in [0.1, 0.15) is 0 Å². The number of aliphatic carboxylic acids is 1. The van der Waals surface area contributed by atoms with E-state index in [4.69, 9.17) is 5.11 Å². The minimum absolute atomic E-state index is 0.0486. The zero-order valence-electron chi connectivity index (χ0n) is 5.66. The lowest BCUT2D eigenvalue weighted by molar-refractivity contribution is -0.138. The van der Waals surface area contributed by atoms with Gasteiger partial charge in [0.25, 0.3) is 0 Å². The summed E-state index contributed by atoms with van der Waals surface area (Å²) < 4.78 is 20.3. The first-order valence-electron chi connectivity index (χ1n) is 2.62. The highest BCUT2D eigenvalue weighted by Crippen LogP contribution is 1.95. The number of hydrogen-bond donors (Lipinski definition) is 1. The van der Waals surface area contributed by atoms with Gasteiger partial charge in [-0.3, -0.25) is 4.79 Å². The van der Waals surface area contributed by atoms with E-state index in [1.165, 1.54) is 13.8 Å². The zero-order chi connectivity index (χ0) is 8.31. The monoisotopic (exact) mass is 164 g/mol. The molecule has 0 aliphatic heterocycles. The lowest BCUT2D eigenvalue weighted by atomic mass is 10.1. The second kappa shape index (κ2) is 3.36. The Hall–Kier alpha value is -0.840. The molecule has 0 aromatic heterocycles. The molecule has 0 heterocycles. The van der Waals surface area contributed by atoms with Gasteiger partial charge in [-0.05, 0) is 13.8 Å². The average Bonchev–Trinajstić information content (AvgIpc) is 1.84. The molecule has 0 saturated carbocycles. The summed E-state index contributed by atoms with van der Waals surface area (Å²) in [5, 5.41) is 8.31. The fourth-order valence-electron chi connectivity index (χ4n) is 0.318. The third-order valence-corrected chi connectivity index (χ3v) is 2.12. The number of carboxylic acids is 1. The van der Waals surface area contributed by atoms with Crippen molar-refractivity contribution in [3.63, 3.8) is 0 Å². The Balaban J connectivity index is 4.71. The highest BCUT2D eigenvalue weighted by Gasteiger charge is 2.14. The molecule has 1 unspecified atom stereocenters. The molecule has 4 nitrogen and oxygen atoms in total. The van der Waals surface area contributed by atoms with E-state index >= 15 is 0 Å². The maximum Gasteiger partial charge on any atom is 0.311 e. The maximum absolute atomic E-state index is 10.2. The second-order valence-electron chi connectivity index (χ2n) is 1.91. The average molecular weight is 164 g/mol. The van der Waals surface area contributed by atoms with Crippen molar-refractivity contribution in [2.75, 3.05) is 0 Å². The molecule has 0 rings (SSSR count). The van der Waals surface area contributed by atoms with Gasteiger partial charge in [-0.1, -0.05) is 0 Å². The Bertz CT molecular complexity index is 253. The number of carboxylic acid groups (broad SMARTS) is 1. The Morgan fingerprint density at radius 2 is 1.90 bits per heavy atom. The lowest BCUT2D eigenvalue weighted by Gasteiger charge is -1.98. The van der Waals surface area contributed by atoms with E-state index in [1.54, 1.807) is 0 Å². The molecule has 0 fully saturated rings. The minimum atomic E-state index is -2.38. The molecule has 1 N–H and O–H groups in total. The first-order chi connectivity index (χ1) is 4.46. The van der Waals surface area contributed by atoms with Gasteiger partial charge in [0, 0.05) is 0 Å². The minimum Gasteiger partial charge on any atom is -0.481 e. The third-order valence-electron chi connectivity index (χ3n) is 1.24. The molecule has 5 heteroatoms. The molecule has 0 aliphatic carbocycles. The van der Waals surface area contributed by atoms with Gasteiger partial charge in [-0.25, -0.2) is 0 Å². The summed E-state index contributed by atoms with van der Waals surface area (Å²) in [6.07, 6.45) is 0. The van der Waals surface area contributed by atoms with Crippen molar-refractivity contribution >= 4 is 21.1 Å². The fraction of sp³-hybridized carbons (Fsp3) is 0.600. The molecule has 1 atom stereocenters. The third kappa shape index (κ3) is 2.18. The van der Waals surface area contributed by atoms with Crippen LogP contribution in [0.3, 0.4) is 0 Å². The normalized spacial score (nSPS) is 12.2. The van der Waals surface area contributed by atoms with E-state index in [0.717, 1.165) is 0 Å². The summed E-state index contributed by atoms with van der Waals surface area (Å²) in [5.41, 5.74) is 0. The molecule has 0 saturated heterocycles. The molecular weight excluding hydrogens is 156 g/mol. The molecule has 10 heavy (non-hydrogen) atoms. The van der Waals surface area contributed by atoms with Crippen LogP contribution in [0.15, 0.2) is 0 Å². The van der Waals surface area contributed by atoms with Crippen molar-refractivity contribution in [2.24, 2.45) is 5.92 Å². The lowest BCUT2D eigenvalue weighted by Crippen LogP contribution is -2.18. The van der Waals surface area contributed by atoms with Crippen molar-refractivity contribution in [3.05, 3.63) is 0 Å². The van der Waals surface area contributed by atoms with Crippen molar-refractivity contribution in [1.82, 2.24) is 0 Å². The Morgan fingerprint density at radius 3 is 2.00 bits per heavy atom. The number of hydrogen-bond acceptors (Lipinski definition) is 3. The van der Waals surface area contributed by atoms with E-state index in [-0.39, 0.29) is 4.86 Å². The molecule has 0 aliphatic rings. The highest BCUT2D eigenvalue weighted by atomic mass is 32.2. The first kappa shape index (κ1) is 9.16. The van der Waals surface area contributed by atoms with Crippen LogP contribution >= 0.6 is 0 Å². The van der Waals surface area contributed by atoms with Gasteiger partial charge in [0.05, 0.1) is 10.8 Å². The van der Waals surface area contributed by atoms with Crippen LogP contribution in [0, 0.1) is 5.92 Å². The fourth-order valence-corrected chi connectivity index (χ4v) is 0.708. The van der Waals surface area contributed by atoms with E-state index in [0.29, 0.717) is 0 Å². The Morgan fingerprint density at radius 1 is 1.50 bits per heavy atom. The van der Waals surface area contributed by atoms with Crippen molar-refractivity contribution in [2.45, 2.75) is 13.8 Å². The Labute approximate surface area is 60.0 Å². The first-order valence-corrected chi connectivity index (χ1v) is 3.69. The molecular formula is C5H8O4S. The van der Waals surface area contributed by atoms with Gasteiger partial charge in [-0.15, -0.1) is 0 Å². The Kier molecular flexibility index (Phi) is 3.08. The summed E-state index contributed by atoms with van der Waals surface area (Å²) in [7, 11) is -2.38. The van der Waals surface area contributed by atoms with Crippen molar-refractivity contribution in [3.8, 4) is 0 Å².